The highest BCUT2D eigenvalue weighted by molar-refractivity contribution is 5.96. The van der Waals surface area contributed by atoms with Crippen molar-refractivity contribution in [2.24, 2.45) is 0 Å². The molecule has 162 valence electrons. The molecule has 0 saturated carbocycles. The quantitative estimate of drug-likeness (QED) is 0.506. The standard InChI is InChI=1S/C26H25N3O3/c1-16-12-21(31-3)6-7-22(16)26(30)29-10-11-32-25-9-5-18(13-20(25)15-29)19-4-8-23-24(14-19)28-17(2)27-23/h4-9,12-14H,10-11,15H2,1-3H3,(H,27,28). The van der Waals surface area contributed by atoms with Gasteiger partial charge in [-0.25, -0.2) is 4.98 Å². The summed E-state index contributed by atoms with van der Waals surface area (Å²) in [7, 11) is 1.63. The first-order valence-corrected chi connectivity index (χ1v) is 10.7. The molecule has 3 aromatic carbocycles. The van der Waals surface area contributed by atoms with E-state index in [4.69, 9.17) is 9.47 Å². The van der Waals surface area contributed by atoms with Gasteiger partial charge < -0.3 is 19.4 Å². The highest BCUT2D eigenvalue weighted by atomic mass is 16.5. The Morgan fingerprint density at radius 1 is 1.06 bits per heavy atom. The van der Waals surface area contributed by atoms with Gasteiger partial charge in [0.05, 0.1) is 24.7 Å². The Labute approximate surface area is 186 Å². The molecule has 0 saturated heterocycles. The third kappa shape index (κ3) is 3.68. The van der Waals surface area contributed by atoms with Crippen LogP contribution in [-0.2, 0) is 6.54 Å². The molecule has 0 bridgehead atoms. The van der Waals surface area contributed by atoms with Crippen molar-refractivity contribution < 1.29 is 14.3 Å². The van der Waals surface area contributed by atoms with Crippen LogP contribution in [0.25, 0.3) is 22.2 Å². The first-order valence-electron chi connectivity index (χ1n) is 10.7. The summed E-state index contributed by atoms with van der Waals surface area (Å²) < 4.78 is 11.2. The summed E-state index contributed by atoms with van der Waals surface area (Å²) in [5, 5.41) is 0. The van der Waals surface area contributed by atoms with Crippen LogP contribution in [-0.4, -0.2) is 41.0 Å². The fourth-order valence-electron chi connectivity index (χ4n) is 4.24. The summed E-state index contributed by atoms with van der Waals surface area (Å²) >= 11 is 0. The minimum atomic E-state index is 0.00126. The smallest absolute Gasteiger partial charge is 0.254 e. The molecule has 0 spiro atoms. The zero-order valence-corrected chi connectivity index (χ0v) is 18.4. The Hall–Kier alpha value is -3.80. The van der Waals surface area contributed by atoms with Crippen molar-refractivity contribution in [3.8, 4) is 22.6 Å². The number of aryl methyl sites for hydroxylation is 2. The SMILES string of the molecule is COc1ccc(C(=O)N2CCOc3ccc(-c4ccc5nc(C)[nH]c5c4)cc3C2)c(C)c1. The molecule has 1 aliphatic rings. The van der Waals surface area contributed by atoms with Crippen LogP contribution in [0.15, 0.2) is 54.6 Å². The van der Waals surface area contributed by atoms with Gasteiger partial charge >= 0.3 is 0 Å². The first kappa shape index (κ1) is 20.1. The molecule has 4 aromatic rings. The Bertz CT molecular complexity index is 1330. The van der Waals surface area contributed by atoms with Gasteiger partial charge in [-0.15, -0.1) is 0 Å². The number of aromatic nitrogens is 2. The third-order valence-corrected chi connectivity index (χ3v) is 5.93. The molecule has 0 fully saturated rings. The molecule has 6 nitrogen and oxygen atoms in total. The number of carbonyl (C=O) groups excluding carboxylic acids is 1. The molecule has 5 rings (SSSR count). The lowest BCUT2D eigenvalue weighted by Crippen LogP contribution is -2.32. The number of aromatic amines is 1. The van der Waals surface area contributed by atoms with E-state index < -0.39 is 0 Å². The van der Waals surface area contributed by atoms with Gasteiger partial charge in [0.1, 0.15) is 23.9 Å². The number of hydrogen-bond acceptors (Lipinski definition) is 4. The number of imidazole rings is 1. The number of nitrogens with one attached hydrogen (secondary N) is 1. The van der Waals surface area contributed by atoms with E-state index in [2.05, 4.69) is 34.2 Å². The predicted molar refractivity (Wildman–Crippen MR) is 124 cm³/mol. The summed E-state index contributed by atoms with van der Waals surface area (Å²) in [5.41, 5.74) is 6.73. The molecule has 32 heavy (non-hydrogen) atoms. The Kier molecular flexibility index (Phi) is 5.05. The minimum Gasteiger partial charge on any atom is -0.497 e. The van der Waals surface area contributed by atoms with Gasteiger partial charge in [-0.2, -0.15) is 0 Å². The van der Waals surface area contributed by atoms with Crippen LogP contribution in [0.4, 0.5) is 0 Å². The molecule has 6 heteroatoms. The van der Waals surface area contributed by atoms with Gasteiger partial charge in [0, 0.05) is 17.7 Å². The number of rotatable bonds is 3. The molecule has 1 aromatic heterocycles. The lowest BCUT2D eigenvalue weighted by atomic mass is 10.0. The Morgan fingerprint density at radius 3 is 2.69 bits per heavy atom. The number of fused-ring (bicyclic) bond motifs is 2. The van der Waals surface area contributed by atoms with Crippen molar-refractivity contribution in [3.63, 3.8) is 0 Å². The average Bonchev–Trinajstić information content (AvgIpc) is 3.04. The third-order valence-electron chi connectivity index (χ3n) is 5.93. The van der Waals surface area contributed by atoms with E-state index in [1.165, 1.54) is 0 Å². The van der Waals surface area contributed by atoms with Crippen molar-refractivity contribution in [2.45, 2.75) is 20.4 Å². The topological polar surface area (TPSA) is 67.4 Å². The van der Waals surface area contributed by atoms with Gasteiger partial charge in [0.15, 0.2) is 0 Å². The van der Waals surface area contributed by atoms with Crippen LogP contribution in [0, 0.1) is 13.8 Å². The number of hydrogen-bond donors (Lipinski definition) is 1. The molecule has 1 N–H and O–H groups in total. The minimum absolute atomic E-state index is 0.00126. The van der Waals surface area contributed by atoms with Crippen molar-refractivity contribution in [1.29, 1.82) is 0 Å². The maximum absolute atomic E-state index is 13.3. The van der Waals surface area contributed by atoms with Gasteiger partial charge in [-0.05, 0) is 73.0 Å². The van der Waals surface area contributed by atoms with Crippen LogP contribution < -0.4 is 9.47 Å². The largest absolute Gasteiger partial charge is 0.497 e. The highest BCUT2D eigenvalue weighted by Gasteiger charge is 2.23. The van der Waals surface area contributed by atoms with E-state index in [1.54, 1.807) is 7.11 Å². The second kappa shape index (κ2) is 8.04. The average molecular weight is 428 g/mol. The van der Waals surface area contributed by atoms with Crippen LogP contribution in [0.3, 0.4) is 0 Å². The molecule has 0 aliphatic carbocycles. The number of amides is 1. The number of methoxy groups -OCH3 is 1. The summed E-state index contributed by atoms with van der Waals surface area (Å²) in [6.07, 6.45) is 0. The summed E-state index contributed by atoms with van der Waals surface area (Å²) in [6.45, 7) is 5.39. The van der Waals surface area contributed by atoms with E-state index in [1.807, 2.05) is 49.1 Å². The van der Waals surface area contributed by atoms with E-state index in [-0.39, 0.29) is 5.91 Å². The molecular weight excluding hydrogens is 402 g/mol. The monoisotopic (exact) mass is 427 g/mol. The first-order chi connectivity index (χ1) is 15.5. The van der Waals surface area contributed by atoms with Crippen LogP contribution in [0.1, 0.15) is 27.3 Å². The summed E-state index contributed by atoms with van der Waals surface area (Å²) in [4.78, 5) is 22.9. The van der Waals surface area contributed by atoms with Crippen LogP contribution in [0.5, 0.6) is 11.5 Å². The fourth-order valence-corrected chi connectivity index (χ4v) is 4.24. The van der Waals surface area contributed by atoms with Gasteiger partial charge in [0.2, 0.25) is 0 Å². The van der Waals surface area contributed by atoms with Crippen LogP contribution >= 0.6 is 0 Å². The number of benzene rings is 3. The lowest BCUT2D eigenvalue weighted by molar-refractivity contribution is 0.0732. The molecule has 0 unspecified atom stereocenters. The fraction of sp³-hybridized carbons (Fsp3) is 0.231. The lowest BCUT2D eigenvalue weighted by Gasteiger charge is -2.21. The van der Waals surface area contributed by atoms with E-state index in [0.717, 1.165) is 50.6 Å². The van der Waals surface area contributed by atoms with Crippen molar-refractivity contribution >= 4 is 16.9 Å². The highest BCUT2D eigenvalue weighted by Crippen LogP contribution is 2.31. The summed E-state index contributed by atoms with van der Waals surface area (Å²) in [6, 6.07) is 17.9. The van der Waals surface area contributed by atoms with Gasteiger partial charge in [0.25, 0.3) is 5.91 Å². The van der Waals surface area contributed by atoms with Crippen molar-refractivity contribution in [3.05, 3.63) is 77.1 Å². The van der Waals surface area contributed by atoms with E-state index in [0.29, 0.717) is 25.3 Å². The maximum atomic E-state index is 13.3. The second-order valence-corrected chi connectivity index (χ2v) is 8.13. The predicted octanol–water partition coefficient (Wildman–Crippen LogP) is 4.89. The zero-order chi connectivity index (χ0) is 22.2. The molecule has 1 amide bonds. The number of ether oxygens (including phenoxy) is 2. The molecular formula is C26H25N3O3. The maximum Gasteiger partial charge on any atom is 0.254 e. The number of nitrogens with zero attached hydrogens (tertiary/aromatic N) is 2. The molecule has 1 aliphatic heterocycles. The summed E-state index contributed by atoms with van der Waals surface area (Å²) in [5.74, 6) is 2.48. The van der Waals surface area contributed by atoms with Crippen molar-refractivity contribution in [2.75, 3.05) is 20.3 Å². The number of H-pyrrole nitrogens is 1. The molecule has 2 heterocycles. The van der Waals surface area contributed by atoms with Crippen molar-refractivity contribution in [1.82, 2.24) is 14.9 Å². The Balaban J connectivity index is 1.45. The van der Waals surface area contributed by atoms with Crippen LogP contribution in [0.2, 0.25) is 0 Å². The van der Waals surface area contributed by atoms with E-state index >= 15 is 0 Å². The Morgan fingerprint density at radius 2 is 1.88 bits per heavy atom. The van der Waals surface area contributed by atoms with Gasteiger partial charge in [-0.3, -0.25) is 4.79 Å². The second-order valence-electron chi connectivity index (χ2n) is 8.13. The van der Waals surface area contributed by atoms with E-state index in [9.17, 15) is 4.79 Å². The zero-order valence-electron chi connectivity index (χ0n) is 18.4. The normalized spacial score (nSPS) is 13.4. The number of carbonyl (C=O) groups is 1. The van der Waals surface area contributed by atoms with Gasteiger partial charge in [-0.1, -0.05) is 12.1 Å². The molecule has 0 atom stereocenters. The molecule has 0 radical (unpaired) electrons.